The Morgan fingerprint density at radius 3 is 2.77 bits per heavy atom. The smallest absolute Gasteiger partial charge is 0.257 e. The van der Waals surface area contributed by atoms with Crippen molar-refractivity contribution in [3.63, 3.8) is 0 Å². The van der Waals surface area contributed by atoms with E-state index in [2.05, 4.69) is 26.0 Å². The summed E-state index contributed by atoms with van der Waals surface area (Å²) >= 11 is 0. The van der Waals surface area contributed by atoms with Crippen molar-refractivity contribution in [3.8, 4) is 0 Å². The fourth-order valence-corrected chi connectivity index (χ4v) is 2.55. The first-order valence-corrected chi connectivity index (χ1v) is 6.91. The first-order valence-electron chi connectivity index (χ1n) is 6.91. The second kappa shape index (κ2) is 4.70. The fraction of sp³-hybridized carbons (Fsp3) is 0.0625. The fourth-order valence-electron chi connectivity index (χ4n) is 2.55. The average Bonchev–Trinajstić information content (AvgIpc) is 3.10. The number of aromatic amines is 1. The zero-order valence-corrected chi connectivity index (χ0v) is 11.8. The van der Waals surface area contributed by atoms with Crippen LogP contribution in [0.15, 0.2) is 42.6 Å². The van der Waals surface area contributed by atoms with Crippen molar-refractivity contribution in [1.29, 1.82) is 0 Å². The molecule has 0 bridgehead atoms. The Bertz CT molecular complexity index is 908. The topological polar surface area (TPSA) is 82.7 Å². The molecule has 6 heteroatoms. The lowest BCUT2D eigenvalue weighted by molar-refractivity contribution is -0.110. The number of rotatable bonds is 2. The molecular formula is C16H13N5O. The maximum atomic E-state index is 12.2. The Morgan fingerprint density at radius 2 is 1.95 bits per heavy atom. The maximum Gasteiger partial charge on any atom is 0.257 e. The van der Waals surface area contributed by atoms with Crippen molar-refractivity contribution in [2.45, 2.75) is 6.92 Å². The molecule has 0 saturated heterocycles. The second-order valence-electron chi connectivity index (χ2n) is 5.22. The quantitative estimate of drug-likeness (QED) is 0.634. The molecule has 4 rings (SSSR count). The number of hydrogen-bond acceptors (Lipinski definition) is 4. The van der Waals surface area contributed by atoms with Crippen LogP contribution in [0.5, 0.6) is 0 Å². The molecule has 1 aliphatic rings. The molecule has 2 aromatic carbocycles. The molecule has 0 atom stereocenters. The van der Waals surface area contributed by atoms with E-state index < -0.39 is 0 Å². The van der Waals surface area contributed by atoms with Crippen LogP contribution in [0.25, 0.3) is 16.6 Å². The number of nitrogens with zero attached hydrogens (tertiary/aromatic N) is 2. The first kappa shape index (κ1) is 12.6. The van der Waals surface area contributed by atoms with Gasteiger partial charge in [0.1, 0.15) is 5.52 Å². The van der Waals surface area contributed by atoms with Crippen LogP contribution in [-0.2, 0) is 4.79 Å². The third-order valence-electron chi connectivity index (χ3n) is 3.70. The molecule has 0 aliphatic carbocycles. The summed E-state index contributed by atoms with van der Waals surface area (Å²) in [6, 6.07) is 11.6. The van der Waals surface area contributed by atoms with E-state index in [-0.39, 0.29) is 5.91 Å². The minimum Gasteiger partial charge on any atom is -0.361 e. The second-order valence-corrected chi connectivity index (χ2v) is 5.22. The molecule has 0 fully saturated rings. The van der Waals surface area contributed by atoms with Gasteiger partial charge in [-0.25, -0.2) is 0 Å². The summed E-state index contributed by atoms with van der Waals surface area (Å²) in [5.74, 6) is -0.142. The summed E-state index contributed by atoms with van der Waals surface area (Å²) in [6.07, 6.45) is 1.71. The van der Waals surface area contributed by atoms with Crippen LogP contribution in [0.3, 0.4) is 0 Å². The number of H-pyrrole nitrogens is 1. The van der Waals surface area contributed by atoms with Gasteiger partial charge < -0.3 is 10.6 Å². The summed E-state index contributed by atoms with van der Waals surface area (Å²) in [5.41, 5.74) is 5.73. The van der Waals surface area contributed by atoms with E-state index in [1.807, 2.05) is 43.3 Å². The molecule has 1 amide bonds. The lowest BCUT2D eigenvalue weighted by Crippen LogP contribution is -2.05. The Kier molecular flexibility index (Phi) is 2.69. The van der Waals surface area contributed by atoms with Crippen molar-refractivity contribution >= 4 is 33.9 Å². The Labute approximate surface area is 126 Å². The summed E-state index contributed by atoms with van der Waals surface area (Å²) < 4.78 is 0. The first-order chi connectivity index (χ1) is 10.7. The maximum absolute atomic E-state index is 12.2. The molecule has 2 heterocycles. The molecule has 3 aromatic rings. The minimum atomic E-state index is -0.142. The summed E-state index contributed by atoms with van der Waals surface area (Å²) in [4.78, 5) is 12.2. The zero-order chi connectivity index (χ0) is 15.1. The summed E-state index contributed by atoms with van der Waals surface area (Å²) in [5, 5.41) is 16.7. The highest BCUT2D eigenvalue weighted by Crippen LogP contribution is 2.36. The van der Waals surface area contributed by atoms with E-state index in [0.717, 1.165) is 28.0 Å². The van der Waals surface area contributed by atoms with Gasteiger partial charge in [0.15, 0.2) is 0 Å². The van der Waals surface area contributed by atoms with E-state index in [1.165, 1.54) is 5.56 Å². The monoisotopic (exact) mass is 291 g/mol. The van der Waals surface area contributed by atoms with E-state index in [1.54, 1.807) is 6.20 Å². The van der Waals surface area contributed by atoms with Crippen LogP contribution in [0.1, 0.15) is 11.1 Å². The Hall–Kier alpha value is -3.15. The van der Waals surface area contributed by atoms with Gasteiger partial charge in [-0.15, -0.1) is 5.10 Å². The predicted octanol–water partition coefficient (Wildman–Crippen LogP) is 2.67. The number of carbonyl (C=O) groups excluding carboxylic acids is 1. The number of hydrogen-bond donors (Lipinski definition) is 3. The Morgan fingerprint density at radius 1 is 1.14 bits per heavy atom. The van der Waals surface area contributed by atoms with Crippen molar-refractivity contribution in [3.05, 3.63) is 53.7 Å². The van der Waals surface area contributed by atoms with Crippen LogP contribution in [0, 0.1) is 6.92 Å². The van der Waals surface area contributed by atoms with Gasteiger partial charge in [0, 0.05) is 17.5 Å². The number of carbonyl (C=O) groups is 1. The van der Waals surface area contributed by atoms with Crippen molar-refractivity contribution in [2.75, 3.05) is 10.6 Å². The van der Waals surface area contributed by atoms with Crippen molar-refractivity contribution < 1.29 is 4.79 Å². The van der Waals surface area contributed by atoms with E-state index >= 15 is 0 Å². The van der Waals surface area contributed by atoms with Gasteiger partial charge in [-0.3, -0.25) is 9.89 Å². The van der Waals surface area contributed by atoms with Gasteiger partial charge >= 0.3 is 0 Å². The molecular weight excluding hydrogens is 278 g/mol. The summed E-state index contributed by atoms with van der Waals surface area (Å²) in [7, 11) is 0. The number of benzene rings is 2. The standard InChI is InChI=1S/C16H13N5O/c1-9-2-4-10(5-3-9)17-8-11-14-12(18-16(11)22)6-7-13-15(14)20-21-19-13/h2-8,17H,1H3,(H,18,22)(H,19,20,21)/b11-8+. The van der Waals surface area contributed by atoms with Gasteiger partial charge in [0.2, 0.25) is 0 Å². The molecule has 1 aliphatic heterocycles. The van der Waals surface area contributed by atoms with Gasteiger partial charge in [-0.1, -0.05) is 22.9 Å². The number of anilines is 2. The van der Waals surface area contributed by atoms with Gasteiger partial charge in [-0.2, -0.15) is 0 Å². The molecule has 0 saturated carbocycles. The molecule has 0 unspecified atom stereocenters. The van der Waals surface area contributed by atoms with Crippen LogP contribution in [-0.4, -0.2) is 21.3 Å². The van der Waals surface area contributed by atoms with Crippen molar-refractivity contribution in [1.82, 2.24) is 15.4 Å². The van der Waals surface area contributed by atoms with E-state index in [9.17, 15) is 4.79 Å². The number of aromatic nitrogens is 3. The van der Waals surface area contributed by atoms with Crippen LogP contribution in [0.2, 0.25) is 0 Å². The van der Waals surface area contributed by atoms with Crippen LogP contribution < -0.4 is 10.6 Å². The highest BCUT2D eigenvalue weighted by molar-refractivity contribution is 6.34. The average molecular weight is 291 g/mol. The minimum absolute atomic E-state index is 0.142. The Balaban J connectivity index is 1.76. The number of aryl methyl sites for hydroxylation is 1. The van der Waals surface area contributed by atoms with Gasteiger partial charge in [0.25, 0.3) is 5.91 Å². The predicted molar refractivity (Wildman–Crippen MR) is 85.3 cm³/mol. The number of amides is 1. The highest BCUT2D eigenvalue weighted by Gasteiger charge is 2.27. The van der Waals surface area contributed by atoms with E-state index in [4.69, 9.17) is 0 Å². The SMILES string of the molecule is Cc1ccc(N/C=C2/C(=O)Nc3ccc4nn[nH]c4c32)cc1. The molecule has 6 nitrogen and oxygen atoms in total. The third kappa shape index (κ3) is 1.93. The number of nitrogens with one attached hydrogen (secondary N) is 3. The van der Waals surface area contributed by atoms with Crippen molar-refractivity contribution in [2.24, 2.45) is 0 Å². The summed E-state index contributed by atoms with van der Waals surface area (Å²) in [6.45, 7) is 2.03. The van der Waals surface area contributed by atoms with E-state index in [0.29, 0.717) is 5.57 Å². The largest absolute Gasteiger partial charge is 0.361 e. The molecule has 22 heavy (non-hydrogen) atoms. The van der Waals surface area contributed by atoms with Gasteiger partial charge in [0.05, 0.1) is 16.8 Å². The number of fused-ring (bicyclic) bond motifs is 3. The van der Waals surface area contributed by atoms with Crippen LogP contribution >= 0.6 is 0 Å². The normalized spacial score (nSPS) is 15.1. The molecule has 1 aromatic heterocycles. The van der Waals surface area contributed by atoms with Crippen LogP contribution in [0.4, 0.5) is 11.4 Å². The third-order valence-corrected chi connectivity index (χ3v) is 3.70. The molecule has 0 radical (unpaired) electrons. The highest BCUT2D eigenvalue weighted by atomic mass is 16.2. The molecule has 3 N–H and O–H groups in total. The van der Waals surface area contributed by atoms with Gasteiger partial charge in [-0.05, 0) is 31.2 Å². The zero-order valence-electron chi connectivity index (χ0n) is 11.8. The molecule has 108 valence electrons. The lowest BCUT2D eigenvalue weighted by atomic mass is 10.1. The lowest BCUT2D eigenvalue weighted by Gasteiger charge is -2.03. The molecule has 0 spiro atoms.